The van der Waals surface area contributed by atoms with Crippen LogP contribution in [-0.2, 0) is 9.59 Å². The molecule has 3 aromatic rings. The number of hydrogen-bond donors (Lipinski definition) is 1. The Morgan fingerprint density at radius 2 is 1.80 bits per heavy atom. The van der Waals surface area contributed by atoms with E-state index >= 15 is 0 Å². The summed E-state index contributed by atoms with van der Waals surface area (Å²) >= 11 is 7.93. The molecular formula is C24H21ClN2O2S. The summed E-state index contributed by atoms with van der Waals surface area (Å²) < 4.78 is 0. The predicted octanol–water partition coefficient (Wildman–Crippen LogP) is 5.69. The lowest BCUT2D eigenvalue weighted by molar-refractivity contribution is -0.116. The van der Waals surface area contributed by atoms with E-state index in [0.29, 0.717) is 11.4 Å². The van der Waals surface area contributed by atoms with Crippen molar-refractivity contribution in [1.82, 2.24) is 0 Å². The summed E-state index contributed by atoms with van der Waals surface area (Å²) in [5.41, 5.74) is 4.32. The van der Waals surface area contributed by atoms with Gasteiger partial charge in [-0.15, -0.1) is 23.4 Å². The van der Waals surface area contributed by atoms with E-state index in [0.717, 1.165) is 22.4 Å². The number of carbonyl (C=O) groups is 2. The largest absolute Gasteiger partial charge is 0.324 e. The molecule has 6 heteroatoms. The van der Waals surface area contributed by atoms with Crippen LogP contribution in [0.1, 0.15) is 27.4 Å². The van der Waals surface area contributed by atoms with Crippen LogP contribution in [0.2, 0.25) is 0 Å². The van der Waals surface area contributed by atoms with Gasteiger partial charge < -0.3 is 5.32 Å². The van der Waals surface area contributed by atoms with Gasteiger partial charge in [-0.25, -0.2) is 0 Å². The molecule has 0 bridgehead atoms. The third-order valence-corrected chi connectivity index (χ3v) is 6.67. The molecule has 1 fully saturated rings. The van der Waals surface area contributed by atoms with E-state index in [1.165, 1.54) is 0 Å². The van der Waals surface area contributed by atoms with Crippen molar-refractivity contribution in [3.63, 3.8) is 0 Å². The smallest absolute Gasteiger partial charge is 0.246 e. The lowest BCUT2D eigenvalue weighted by Gasteiger charge is -2.26. The molecule has 1 aliphatic heterocycles. The van der Waals surface area contributed by atoms with E-state index in [1.54, 1.807) is 11.8 Å². The molecule has 0 radical (unpaired) electrons. The number of halogens is 1. The monoisotopic (exact) mass is 436 g/mol. The van der Waals surface area contributed by atoms with Crippen molar-refractivity contribution in [3.8, 4) is 0 Å². The molecular weight excluding hydrogens is 416 g/mol. The molecule has 1 heterocycles. The number of nitrogens with one attached hydrogen (secondary N) is 1. The highest BCUT2D eigenvalue weighted by Crippen LogP contribution is 2.43. The first-order valence-electron chi connectivity index (χ1n) is 9.64. The Bertz CT molecular complexity index is 1070. The molecule has 0 saturated carbocycles. The summed E-state index contributed by atoms with van der Waals surface area (Å²) in [6.45, 7) is 2.00. The van der Waals surface area contributed by atoms with E-state index < -0.39 is 5.38 Å². The number of benzene rings is 3. The number of para-hydroxylation sites is 1. The zero-order chi connectivity index (χ0) is 21.1. The molecule has 0 aliphatic carbocycles. The van der Waals surface area contributed by atoms with Gasteiger partial charge in [-0.05, 0) is 41.8 Å². The van der Waals surface area contributed by atoms with Gasteiger partial charge >= 0.3 is 0 Å². The van der Waals surface area contributed by atoms with Crippen LogP contribution in [0.5, 0.6) is 0 Å². The van der Waals surface area contributed by atoms with Gasteiger partial charge in [0, 0.05) is 11.4 Å². The molecule has 3 aromatic carbocycles. The molecule has 1 aliphatic rings. The average Bonchev–Trinajstić information content (AvgIpc) is 3.15. The maximum atomic E-state index is 12.6. The van der Waals surface area contributed by atoms with Crippen molar-refractivity contribution in [2.24, 2.45) is 0 Å². The third kappa shape index (κ3) is 4.23. The summed E-state index contributed by atoms with van der Waals surface area (Å²) in [5, 5.41) is 1.98. The van der Waals surface area contributed by atoms with Crippen LogP contribution < -0.4 is 10.2 Å². The molecule has 2 atom stereocenters. The number of nitrogens with zero attached hydrogens (tertiary/aromatic N) is 1. The average molecular weight is 437 g/mol. The Labute approximate surface area is 185 Å². The van der Waals surface area contributed by atoms with Gasteiger partial charge in [0.1, 0.15) is 10.8 Å². The van der Waals surface area contributed by atoms with Crippen LogP contribution in [0, 0.1) is 6.92 Å². The lowest BCUT2D eigenvalue weighted by atomic mass is 10.1. The Morgan fingerprint density at radius 3 is 2.57 bits per heavy atom. The van der Waals surface area contributed by atoms with E-state index in [-0.39, 0.29) is 17.2 Å². The normalized spacial score (nSPS) is 17.1. The number of rotatable bonds is 5. The van der Waals surface area contributed by atoms with Gasteiger partial charge in [-0.3, -0.25) is 14.5 Å². The number of amides is 2. The zero-order valence-electron chi connectivity index (χ0n) is 16.4. The molecule has 30 heavy (non-hydrogen) atoms. The second-order valence-electron chi connectivity index (χ2n) is 7.10. The minimum Gasteiger partial charge on any atom is -0.324 e. The molecule has 4 nitrogen and oxygen atoms in total. The van der Waals surface area contributed by atoms with Gasteiger partial charge in [0.2, 0.25) is 11.8 Å². The Hall–Kier alpha value is -2.76. The first-order valence-corrected chi connectivity index (χ1v) is 11.1. The van der Waals surface area contributed by atoms with Crippen LogP contribution in [0.4, 0.5) is 11.4 Å². The van der Waals surface area contributed by atoms with Crippen LogP contribution in [0.15, 0.2) is 78.9 Å². The Morgan fingerprint density at radius 1 is 1.07 bits per heavy atom. The predicted molar refractivity (Wildman–Crippen MR) is 124 cm³/mol. The van der Waals surface area contributed by atoms with Gasteiger partial charge in [-0.1, -0.05) is 60.7 Å². The summed E-state index contributed by atoms with van der Waals surface area (Å²) in [6.07, 6.45) is 0. The lowest BCUT2D eigenvalue weighted by Crippen LogP contribution is -2.28. The number of anilines is 2. The summed E-state index contributed by atoms with van der Waals surface area (Å²) in [4.78, 5) is 27.1. The molecule has 0 spiro atoms. The first-order chi connectivity index (χ1) is 14.5. The standard InChI is InChI=1S/C24H21ClN2O2S/c1-16-8-5-6-13-20(16)27-21(28)15-30-24(27)18-11-7-12-19(14-18)26-23(29)22(25)17-9-3-2-4-10-17/h2-14,22,24H,15H2,1H3,(H,26,29). The van der Waals surface area contributed by atoms with Crippen molar-refractivity contribution in [2.75, 3.05) is 16.0 Å². The topological polar surface area (TPSA) is 49.4 Å². The zero-order valence-corrected chi connectivity index (χ0v) is 18.0. The second kappa shape index (κ2) is 8.94. The molecule has 2 unspecified atom stereocenters. The highest BCUT2D eigenvalue weighted by molar-refractivity contribution is 8.00. The number of alkyl halides is 1. The van der Waals surface area contributed by atoms with E-state index in [9.17, 15) is 9.59 Å². The minimum absolute atomic E-state index is 0.0821. The molecule has 4 rings (SSSR count). The molecule has 1 saturated heterocycles. The SMILES string of the molecule is Cc1ccccc1N1C(=O)CSC1c1cccc(NC(=O)C(Cl)c2ccccc2)c1. The maximum absolute atomic E-state index is 12.6. The van der Waals surface area contributed by atoms with Crippen molar-refractivity contribution in [2.45, 2.75) is 17.7 Å². The molecule has 0 aromatic heterocycles. The fourth-order valence-electron chi connectivity index (χ4n) is 3.51. The minimum atomic E-state index is -0.777. The van der Waals surface area contributed by atoms with Crippen molar-refractivity contribution in [1.29, 1.82) is 0 Å². The van der Waals surface area contributed by atoms with Crippen LogP contribution in [0.25, 0.3) is 0 Å². The van der Waals surface area contributed by atoms with E-state index in [1.807, 2.05) is 90.7 Å². The molecule has 152 valence electrons. The summed E-state index contributed by atoms with van der Waals surface area (Å²) in [6, 6.07) is 24.7. The summed E-state index contributed by atoms with van der Waals surface area (Å²) in [5.74, 6) is 0.220. The number of carbonyl (C=O) groups excluding carboxylic acids is 2. The quantitative estimate of drug-likeness (QED) is 0.522. The van der Waals surface area contributed by atoms with Crippen molar-refractivity contribution in [3.05, 3.63) is 95.6 Å². The number of aryl methyl sites for hydroxylation is 1. The highest BCUT2D eigenvalue weighted by atomic mass is 35.5. The third-order valence-electron chi connectivity index (χ3n) is 5.00. The summed E-state index contributed by atoms with van der Waals surface area (Å²) in [7, 11) is 0. The fourth-order valence-corrected chi connectivity index (χ4v) is 4.87. The fraction of sp³-hybridized carbons (Fsp3) is 0.167. The first kappa shape index (κ1) is 20.5. The molecule has 2 amide bonds. The van der Waals surface area contributed by atoms with Crippen LogP contribution in [-0.4, -0.2) is 17.6 Å². The Kier molecular flexibility index (Phi) is 6.11. The number of thioether (sulfide) groups is 1. The van der Waals surface area contributed by atoms with Crippen molar-refractivity contribution >= 4 is 46.6 Å². The maximum Gasteiger partial charge on any atom is 0.246 e. The van der Waals surface area contributed by atoms with E-state index in [2.05, 4.69) is 5.32 Å². The van der Waals surface area contributed by atoms with Gasteiger partial charge in [0.05, 0.1) is 5.75 Å². The van der Waals surface area contributed by atoms with Gasteiger partial charge in [0.15, 0.2) is 0 Å². The second-order valence-corrected chi connectivity index (χ2v) is 8.61. The Balaban J connectivity index is 1.56. The van der Waals surface area contributed by atoms with Crippen LogP contribution in [0.3, 0.4) is 0 Å². The van der Waals surface area contributed by atoms with E-state index in [4.69, 9.17) is 11.6 Å². The van der Waals surface area contributed by atoms with Crippen LogP contribution >= 0.6 is 23.4 Å². The number of hydrogen-bond acceptors (Lipinski definition) is 3. The van der Waals surface area contributed by atoms with Gasteiger partial charge in [-0.2, -0.15) is 0 Å². The highest BCUT2D eigenvalue weighted by Gasteiger charge is 2.34. The molecule has 1 N–H and O–H groups in total. The van der Waals surface area contributed by atoms with Crippen molar-refractivity contribution < 1.29 is 9.59 Å². The van der Waals surface area contributed by atoms with Gasteiger partial charge in [0.25, 0.3) is 0 Å².